The van der Waals surface area contributed by atoms with E-state index in [1.54, 1.807) is 12.1 Å². The Morgan fingerprint density at radius 1 is 1.50 bits per heavy atom. The molecule has 2 rings (SSSR count). The van der Waals surface area contributed by atoms with Gasteiger partial charge in [0, 0.05) is 11.8 Å². The highest BCUT2D eigenvalue weighted by molar-refractivity contribution is 5.87. The van der Waals surface area contributed by atoms with Crippen LogP contribution in [0.2, 0.25) is 0 Å². The molecular weight excluding hydrogens is 288 g/mol. The first-order valence-corrected chi connectivity index (χ1v) is 6.69. The zero-order valence-electron chi connectivity index (χ0n) is 12.1. The quantitative estimate of drug-likeness (QED) is 0.447. The Balaban J connectivity index is 0.000000745. The molecule has 1 aliphatic heterocycles. The van der Waals surface area contributed by atoms with Gasteiger partial charge in [0.05, 0.1) is 6.34 Å². The molecule has 0 amide bonds. The lowest BCUT2D eigenvalue weighted by atomic mass is 10.1. The van der Waals surface area contributed by atoms with Crippen LogP contribution in [0.15, 0.2) is 23.2 Å². The Bertz CT molecular complexity index is 534. The summed E-state index contributed by atoms with van der Waals surface area (Å²) in [5.74, 6) is 0.307. The minimum Gasteiger partial charge on any atom is -0.480 e. The average molecular weight is 308 g/mol. The Morgan fingerprint density at radius 2 is 2.23 bits per heavy atom. The van der Waals surface area contributed by atoms with Gasteiger partial charge in [0.15, 0.2) is 11.5 Å². The molecular formula is C14H20N4O4. The van der Waals surface area contributed by atoms with E-state index in [4.69, 9.17) is 25.7 Å². The largest absolute Gasteiger partial charge is 0.480 e. The van der Waals surface area contributed by atoms with Crippen molar-refractivity contribution < 1.29 is 19.4 Å². The Kier molecular flexibility index (Phi) is 7.41. The van der Waals surface area contributed by atoms with Crippen LogP contribution in [-0.2, 0) is 4.79 Å². The van der Waals surface area contributed by atoms with Crippen LogP contribution in [0.4, 0.5) is 0 Å². The first-order valence-electron chi connectivity index (χ1n) is 6.69. The van der Waals surface area contributed by atoms with Crippen LogP contribution < -0.4 is 20.9 Å². The topological polar surface area (TPSA) is 144 Å². The van der Waals surface area contributed by atoms with Gasteiger partial charge in [-0.15, -0.1) is 0 Å². The van der Waals surface area contributed by atoms with Gasteiger partial charge in [0.2, 0.25) is 6.79 Å². The fraction of sp³-hybridized carbons (Fsp3) is 0.357. The van der Waals surface area contributed by atoms with Crippen LogP contribution in [-0.4, -0.2) is 43.0 Å². The van der Waals surface area contributed by atoms with Gasteiger partial charge in [-0.1, -0.05) is 6.07 Å². The maximum Gasteiger partial charge on any atom is 0.328 e. The number of hydrogen-bond acceptors (Lipinski definition) is 6. The predicted molar refractivity (Wildman–Crippen MR) is 82.8 cm³/mol. The third-order valence-corrected chi connectivity index (χ3v) is 2.79. The van der Waals surface area contributed by atoms with Crippen molar-refractivity contribution in [2.45, 2.75) is 18.9 Å². The zero-order valence-corrected chi connectivity index (χ0v) is 12.1. The standard InChI is InChI=1S/C13H16N2O4.CH4N2/c14-6-2-4-10(13(16)17)15-7-9-3-1-5-11-12(9)19-8-18-11;2-1-3/h1,3,5,7,10H,2,4,6,8,14H2,(H,16,17);1H,(H3,2,3). The zero-order chi connectivity index (χ0) is 16.4. The number of carboxylic acids is 1. The van der Waals surface area contributed by atoms with Gasteiger partial charge in [0.25, 0.3) is 0 Å². The van der Waals surface area contributed by atoms with E-state index in [0.717, 1.165) is 6.34 Å². The smallest absolute Gasteiger partial charge is 0.328 e. The van der Waals surface area contributed by atoms with Crippen molar-refractivity contribution >= 4 is 18.5 Å². The molecule has 0 aromatic heterocycles. The average Bonchev–Trinajstić information content (AvgIpc) is 2.97. The number of aliphatic imine (C=N–C) groups is 1. The predicted octanol–water partition coefficient (Wildman–Crippen LogP) is 0.578. The van der Waals surface area contributed by atoms with Crippen molar-refractivity contribution in [3.63, 3.8) is 0 Å². The summed E-state index contributed by atoms with van der Waals surface area (Å²) in [4.78, 5) is 15.1. The number of nitrogens with two attached hydrogens (primary N) is 2. The summed E-state index contributed by atoms with van der Waals surface area (Å²) in [5.41, 5.74) is 10.5. The summed E-state index contributed by atoms with van der Waals surface area (Å²) in [7, 11) is 0. The number of hydrogen-bond donors (Lipinski definition) is 4. The van der Waals surface area contributed by atoms with Gasteiger partial charge in [-0.25, -0.2) is 4.79 Å². The molecule has 8 nitrogen and oxygen atoms in total. The number of fused-ring (bicyclic) bond motifs is 1. The molecule has 22 heavy (non-hydrogen) atoms. The van der Waals surface area contributed by atoms with Crippen molar-refractivity contribution in [1.29, 1.82) is 5.41 Å². The SMILES string of the molecule is N=CN.NCCCC(N=Cc1cccc2c1OCO2)C(=O)O. The van der Waals surface area contributed by atoms with E-state index in [0.29, 0.717) is 36.4 Å². The van der Waals surface area contributed by atoms with E-state index in [9.17, 15) is 4.79 Å². The number of carbonyl (C=O) groups is 1. The molecule has 8 heteroatoms. The molecule has 0 spiro atoms. The van der Waals surface area contributed by atoms with E-state index < -0.39 is 12.0 Å². The third-order valence-electron chi connectivity index (χ3n) is 2.79. The van der Waals surface area contributed by atoms with Crippen molar-refractivity contribution in [2.24, 2.45) is 16.5 Å². The van der Waals surface area contributed by atoms with Gasteiger partial charge in [-0.05, 0) is 31.5 Å². The number of para-hydroxylation sites is 1. The number of nitrogens with one attached hydrogen (secondary N) is 1. The first kappa shape index (κ1) is 17.4. The van der Waals surface area contributed by atoms with Gasteiger partial charge < -0.3 is 26.0 Å². The molecule has 0 saturated carbocycles. The summed E-state index contributed by atoms with van der Waals surface area (Å²) in [5, 5.41) is 14.9. The Labute approximate surface area is 128 Å². The number of benzene rings is 1. The number of aliphatic carboxylic acids is 1. The maximum absolute atomic E-state index is 11.0. The maximum atomic E-state index is 11.0. The molecule has 1 aromatic rings. The lowest BCUT2D eigenvalue weighted by molar-refractivity contribution is -0.138. The first-order chi connectivity index (χ1) is 10.6. The number of ether oxygens (including phenoxy) is 2. The number of carboxylic acid groups (broad SMARTS) is 1. The van der Waals surface area contributed by atoms with Gasteiger partial charge >= 0.3 is 5.97 Å². The van der Waals surface area contributed by atoms with Crippen LogP contribution in [0, 0.1) is 5.41 Å². The van der Waals surface area contributed by atoms with E-state index in [1.165, 1.54) is 6.21 Å². The number of nitrogens with zero attached hydrogens (tertiary/aromatic N) is 1. The molecule has 0 saturated heterocycles. The minimum atomic E-state index is -0.950. The van der Waals surface area contributed by atoms with Crippen molar-refractivity contribution in [1.82, 2.24) is 0 Å². The second-order valence-electron chi connectivity index (χ2n) is 4.31. The third kappa shape index (κ3) is 5.06. The van der Waals surface area contributed by atoms with Crippen LogP contribution in [0.1, 0.15) is 18.4 Å². The van der Waals surface area contributed by atoms with E-state index in [2.05, 4.69) is 10.7 Å². The summed E-state index contributed by atoms with van der Waals surface area (Å²) < 4.78 is 10.6. The van der Waals surface area contributed by atoms with Crippen molar-refractivity contribution in [3.8, 4) is 11.5 Å². The molecule has 0 bridgehead atoms. The molecule has 0 aliphatic carbocycles. The highest BCUT2D eigenvalue weighted by Gasteiger charge is 2.18. The lowest BCUT2D eigenvalue weighted by Gasteiger charge is -2.06. The summed E-state index contributed by atoms with van der Waals surface area (Å²) in [6.07, 6.45) is 3.32. The molecule has 1 unspecified atom stereocenters. The van der Waals surface area contributed by atoms with Crippen molar-refractivity contribution in [3.05, 3.63) is 23.8 Å². The van der Waals surface area contributed by atoms with Gasteiger partial charge in [-0.3, -0.25) is 10.4 Å². The highest BCUT2D eigenvalue weighted by atomic mass is 16.7. The normalized spacial score (nSPS) is 13.3. The monoisotopic (exact) mass is 308 g/mol. The van der Waals surface area contributed by atoms with Crippen molar-refractivity contribution in [2.75, 3.05) is 13.3 Å². The van der Waals surface area contributed by atoms with Gasteiger partial charge in [-0.2, -0.15) is 0 Å². The molecule has 1 heterocycles. The fourth-order valence-corrected chi connectivity index (χ4v) is 1.80. The highest BCUT2D eigenvalue weighted by Crippen LogP contribution is 2.34. The molecule has 1 aromatic carbocycles. The molecule has 6 N–H and O–H groups in total. The molecule has 0 fully saturated rings. The van der Waals surface area contributed by atoms with E-state index >= 15 is 0 Å². The minimum absolute atomic E-state index is 0.176. The summed E-state index contributed by atoms with van der Waals surface area (Å²) >= 11 is 0. The Morgan fingerprint density at radius 3 is 2.86 bits per heavy atom. The van der Waals surface area contributed by atoms with Gasteiger partial charge in [0.1, 0.15) is 6.04 Å². The Hall–Kier alpha value is -2.61. The van der Waals surface area contributed by atoms with E-state index in [1.807, 2.05) is 6.07 Å². The summed E-state index contributed by atoms with van der Waals surface area (Å²) in [6.45, 7) is 0.632. The molecule has 120 valence electrons. The number of rotatable bonds is 6. The molecule has 0 radical (unpaired) electrons. The second-order valence-corrected chi connectivity index (χ2v) is 4.31. The van der Waals surface area contributed by atoms with Crippen LogP contribution >= 0.6 is 0 Å². The second kappa shape index (κ2) is 9.35. The fourth-order valence-electron chi connectivity index (χ4n) is 1.80. The van der Waals surface area contributed by atoms with Crippen LogP contribution in [0.5, 0.6) is 11.5 Å². The lowest BCUT2D eigenvalue weighted by Crippen LogP contribution is -2.19. The van der Waals surface area contributed by atoms with E-state index in [-0.39, 0.29) is 6.79 Å². The molecule has 1 aliphatic rings. The van der Waals surface area contributed by atoms with Crippen LogP contribution in [0.25, 0.3) is 0 Å². The van der Waals surface area contributed by atoms with Crippen LogP contribution in [0.3, 0.4) is 0 Å². The molecule has 1 atom stereocenters. The summed E-state index contributed by atoms with van der Waals surface area (Å²) in [6, 6.07) is 4.63.